The number of hydrogen-bond acceptors (Lipinski definition) is 6. The van der Waals surface area contributed by atoms with Gasteiger partial charge in [0.15, 0.2) is 4.90 Å². The Morgan fingerprint density at radius 3 is 2.58 bits per heavy atom. The monoisotopic (exact) mass is 288 g/mol. The molecule has 0 saturated carbocycles. The zero-order chi connectivity index (χ0) is 14.6. The van der Waals surface area contributed by atoms with Crippen LogP contribution in [0.25, 0.3) is 0 Å². The molecule has 1 rings (SSSR count). The van der Waals surface area contributed by atoms with Crippen molar-refractivity contribution in [3.05, 3.63) is 28.3 Å². The van der Waals surface area contributed by atoms with E-state index in [1.165, 1.54) is 25.2 Å². The fourth-order valence-electron chi connectivity index (χ4n) is 1.64. The zero-order valence-electron chi connectivity index (χ0n) is 10.7. The fraction of sp³-hybridized carbons (Fsp3) is 0.400. The maximum atomic E-state index is 12.3. The van der Waals surface area contributed by atoms with Crippen LogP contribution in [0.1, 0.15) is 13.3 Å². The number of hydrogen-bond donors (Lipinski definition) is 2. The minimum atomic E-state index is -3.91. The van der Waals surface area contributed by atoms with Crippen LogP contribution in [0.5, 0.6) is 0 Å². The molecule has 3 N–H and O–H groups in total. The Hall–Kier alpha value is -1.71. The van der Waals surface area contributed by atoms with E-state index in [1.54, 1.807) is 0 Å². The first-order chi connectivity index (χ1) is 8.86. The summed E-state index contributed by atoms with van der Waals surface area (Å²) in [5.41, 5.74) is 1.54. The van der Waals surface area contributed by atoms with Crippen molar-refractivity contribution in [1.29, 1.82) is 0 Å². The van der Waals surface area contributed by atoms with Crippen molar-refractivity contribution >= 4 is 21.4 Å². The fourth-order valence-corrected chi connectivity index (χ4v) is 3.08. The van der Waals surface area contributed by atoms with Gasteiger partial charge in [0, 0.05) is 13.6 Å². The molecule has 0 bridgehead atoms. The summed E-state index contributed by atoms with van der Waals surface area (Å²) in [7, 11) is -2.53. The molecule has 9 heteroatoms. The Kier molecular flexibility index (Phi) is 4.81. The first-order valence-electron chi connectivity index (χ1n) is 5.56. The summed E-state index contributed by atoms with van der Waals surface area (Å²) in [5.74, 6) is 5.17. The number of para-hydroxylation sites is 1. The van der Waals surface area contributed by atoms with Crippen LogP contribution in [0, 0.1) is 10.1 Å². The molecule has 106 valence electrons. The quantitative estimate of drug-likeness (QED) is 0.456. The third kappa shape index (κ3) is 3.00. The molecule has 8 nitrogen and oxygen atoms in total. The molecule has 1 aromatic carbocycles. The van der Waals surface area contributed by atoms with Crippen LogP contribution >= 0.6 is 0 Å². The zero-order valence-corrected chi connectivity index (χ0v) is 11.5. The van der Waals surface area contributed by atoms with E-state index in [9.17, 15) is 18.5 Å². The highest BCUT2D eigenvalue weighted by Crippen LogP contribution is 2.32. The van der Waals surface area contributed by atoms with E-state index in [1.807, 2.05) is 6.92 Å². The van der Waals surface area contributed by atoms with Gasteiger partial charge in [-0.05, 0) is 18.6 Å². The van der Waals surface area contributed by atoms with E-state index in [4.69, 9.17) is 5.84 Å². The molecule has 0 heterocycles. The van der Waals surface area contributed by atoms with E-state index in [0.717, 1.165) is 4.31 Å². The van der Waals surface area contributed by atoms with Crippen molar-refractivity contribution in [3.63, 3.8) is 0 Å². The van der Waals surface area contributed by atoms with Gasteiger partial charge in [-0.1, -0.05) is 13.0 Å². The number of nitro benzene ring substituents is 1. The Morgan fingerprint density at radius 1 is 1.47 bits per heavy atom. The van der Waals surface area contributed by atoms with E-state index in [0.29, 0.717) is 6.42 Å². The summed E-state index contributed by atoms with van der Waals surface area (Å²) in [4.78, 5) is 9.92. The summed E-state index contributed by atoms with van der Waals surface area (Å²) >= 11 is 0. The predicted molar refractivity (Wildman–Crippen MR) is 71.0 cm³/mol. The van der Waals surface area contributed by atoms with Crippen molar-refractivity contribution in [1.82, 2.24) is 4.31 Å². The lowest BCUT2D eigenvalue weighted by Crippen LogP contribution is -2.28. The molecule has 19 heavy (non-hydrogen) atoms. The summed E-state index contributed by atoms with van der Waals surface area (Å²) in [6, 6.07) is 3.94. The maximum absolute atomic E-state index is 12.3. The smallest absolute Gasteiger partial charge is 0.313 e. The van der Waals surface area contributed by atoms with Gasteiger partial charge in [0.25, 0.3) is 0 Å². The van der Waals surface area contributed by atoms with Gasteiger partial charge >= 0.3 is 5.69 Å². The molecule has 0 amide bonds. The van der Waals surface area contributed by atoms with Gasteiger partial charge in [0.05, 0.1) is 4.92 Å². The summed E-state index contributed by atoms with van der Waals surface area (Å²) < 4.78 is 25.6. The van der Waals surface area contributed by atoms with Crippen LogP contribution in [-0.4, -0.2) is 31.2 Å². The molecule has 0 fully saturated rings. The van der Waals surface area contributed by atoms with Crippen molar-refractivity contribution in [2.75, 3.05) is 19.0 Å². The van der Waals surface area contributed by atoms with Crippen LogP contribution in [0.2, 0.25) is 0 Å². The lowest BCUT2D eigenvalue weighted by molar-refractivity contribution is -0.386. The number of anilines is 1. The van der Waals surface area contributed by atoms with Gasteiger partial charge in [-0.2, -0.15) is 0 Å². The SMILES string of the molecule is CCCN(C)S(=O)(=O)c1cccc(NN)c1[N+](=O)[O-]. The second kappa shape index (κ2) is 5.95. The van der Waals surface area contributed by atoms with Crippen molar-refractivity contribution in [2.24, 2.45) is 5.84 Å². The molecular formula is C10H16N4O4S. The van der Waals surface area contributed by atoms with Gasteiger partial charge in [0.2, 0.25) is 10.0 Å². The topological polar surface area (TPSA) is 119 Å². The number of sulfonamides is 1. The number of nitro groups is 1. The van der Waals surface area contributed by atoms with Gasteiger partial charge in [-0.3, -0.25) is 16.0 Å². The molecule has 0 radical (unpaired) electrons. The van der Waals surface area contributed by atoms with E-state index >= 15 is 0 Å². The van der Waals surface area contributed by atoms with Gasteiger partial charge in [-0.15, -0.1) is 0 Å². The Bertz CT molecular complexity index is 573. The number of nitrogens with one attached hydrogen (secondary N) is 1. The van der Waals surface area contributed by atoms with E-state index in [2.05, 4.69) is 5.43 Å². The van der Waals surface area contributed by atoms with Crippen LogP contribution in [0.15, 0.2) is 23.1 Å². The van der Waals surface area contributed by atoms with E-state index < -0.39 is 20.6 Å². The van der Waals surface area contributed by atoms with Crippen LogP contribution in [-0.2, 0) is 10.0 Å². The van der Waals surface area contributed by atoms with E-state index in [-0.39, 0.29) is 17.1 Å². The average molecular weight is 288 g/mol. The van der Waals surface area contributed by atoms with Crippen LogP contribution in [0.3, 0.4) is 0 Å². The lowest BCUT2D eigenvalue weighted by atomic mass is 10.3. The minimum absolute atomic E-state index is 0.0454. The molecule has 0 aromatic heterocycles. The first-order valence-corrected chi connectivity index (χ1v) is 7.00. The van der Waals surface area contributed by atoms with Crippen molar-refractivity contribution < 1.29 is 13.3 Å². The number of nitrogen functional groups attached to an aromatic ring is 1. The second-order valence-corrected chi connectivity index (χ2v) is 5.89. The average Bonchev–Trinajstić information content (AvgIpc) is 2.37. The summed E-state index contributed by atoms with van der Waals surface area (Å²) in [5, 5.41) is 11.1. The number of rotatable bonds is 6. The molecule has 0 atom stereocenters. The molecule has 0 unspecified atom stereocenters. The van der Waals surface area contributed by atoms with Gasteiger partial charge < -0.3 is 5.43 Å². The largest absolute Gasteiger partial charge is 0.318 e. The molecule has 1 aromatic rings. The third-order valence-electron chi connectivity index (χ3n) is 2.56. The molecule has 0 spiro atoms. The maximum Gasteiger partial charge on any atom is 0.313 e. The number of benzene rings is 1. The predicted octanol–water partition coefficient (Wildman–Crippen LogP) is 0.911. The van der Waals surface area contributed by atoms with Gasteiger partial charge in [-0.25, -0.2) is 12.7 Å². The van der Waals surface area contributed by atoms with Crippen LogP contribution in [0.4, 0.5) is 11.4 Å². The Labute approximate surface area is 111 Å². The highest BCUT2D eigenvalue weighted by atomic mass is 32.2. The second-order valence-electron chi connectivity index (χ2n) is 3.88. The van der Waals surface area contributed by atoms with Crippen LogP contribution < -0.4 is 11.3 Å². The number of nitrogens with two attached hydrogens (primary N) is 1. The lowest BCUT2D eigenvalue weighted by Gasteiger charge is -2.16. The molecule has 0 aliphatic carbocycles. The van der Waals surface area contributed by atoms with Crippen molar-refractivity contribution in [2.45, 2.75) is 18.2 Å². The normalized spacial score (nSPS) is 11.6. The molecule has 0 aliphatic rings. The molecule has 0 saturated heterocycles. The summed E-state index contributed by atoms with van der Waals surface area (Å²) in [6.07, 6.45) is 0.609. The first kappa shape index (κ1) is 15.3. The molecule has 0 aliphatic heterocycles. The van der Waals surface area contributed by atoms with Gasteiger partial charge in [0.1, 0.15) is 5.69 Å². The number of nitrogens with zero attached hydrogens (tertiary/aromatic N) is 2. The molecular weight excluding hydrogens is 272 g/mol. The van der Waals surface area contributed by atoms with Crippen molar-refractivity contribution in [3.8, 4) is 0 Å². The Morgan fingerprint density at radius 2 is 2.11 bits per heavy atom. The standard InChI is InChI=1S/C10H16N4O4S/c1-3-7-13(2)19(17,18)9-6-4-5-8(12-11)10(9)14(15)16/h4-6,12H,3,7,11H2,1-2H3. The minimum Gasteiger partial charge on any atom is -0.318 e. The number of hydrazine groups is 1. The highest BCUT2D eigenvalue weighted by molar-refractivity contribution is 7.89. The highest BCUT2D eigenvalue weighted by Gasteiger charge is 2.31. The third-order valence-corrected chi connectivity index (χ3v) is 4.45. The summed E-state index contributed by atoms with van der Waals surface area (Å²) in [6.45, 7) is 2.10. The Balaban J connectivity index is 3.46.